The molecule has 65 heavy (non-hydrogen) atoms. The number of hydrogen-bond donors (Lipinski definition) is 0. The van der Waals surface area contributed by atoms with Crippen LogP contribution in [0.5, 0.6) is 0 Å². The van der Waals surface area contributed by atoms with E-state index in [9.17, 15) is 0 Å². The molecule has 1 aromatic heterocycles. The third-order valence-electron chi connectivity index (χ3n) is 13.1. The standard InChI is InChI=1S/C64H43N/c1-3-11-44(12-4-1)46-19-23-48(24-20-46)50-27-29-52(30-28-50)55-37-40-64-62(41-55)63(54-33-31-51(32-34-54)49-25-21-47(22-26-49)45-13-5-2-6-14-45)43-65(64)57-38-35-53(36-39-57)61-42-56-15-7-8-16-58(56)59-17-9-10-18-60(59)61/h1-43H. The van der Waals surface area contributed by atoms with Gasteiger partial charge in [0.25, 0.3) is 0 Å². The van der Waals surface area contributed by atoms with E-state index in [4.69, 9.17) is 0 Å². The van der Waals surface area contributed by atoms with Gasteiger partial charge in [0.05, 0.1) is 5.52 Å². The van der Waals surface area contributed by atoms with Crippen LogP contribution in [0.15, 0.2) is 261 Å². The summed E-state index contributed by atoms with van der Waals surface area (Å²) in [4.78, 5) is 0. The van der Waals surface area contributed by atoms with E-state index in [2.05, 4.69) is 266 Å². The number of hydrogen-bond acceptors (Lipinski definition) is 0. The Balaban J connectivity index is 0.909. The summed E-state index contributed by atoms with van der Waals surface area (Å²) in [6.45, 7) is 0. The van der Waals surface area contributed by atoms with Gasteiger partial charge in [-0.05, 0) is 124 Å². The maximum atomic E-state index is 2.37. The normalized spacial score (nSPS) is 11.4. The molecule has 1 nitrogen and oxygen atoms in total. The second kappa shape index (κ2) is 16.3. The molecule has 1 heterocycles. The number of aromatic nitrogens is 1. The first-order valence-electron chi connectivity index (χ1n) is 22.4. The third kappa shape index (κ3) is 7.20. The van der Waals surface area contributed by atoms with E-state index < -0.39 is 0 Å². The molecule has 0 atom stereocenters. The Morgan fingerprint density at radius 1 is 0.215 bits per heavy atom. The van der Waals surface area contributed by atoms with Crippen molar-refractivity contribution in [3.8, 4) is 83.6 Å². The van der Waals surface area contributed by atoms with Crippen LogP contribution in [0.1, 0.15) is 0 Å². The fourth-order valence-corrected chi connectivity index (χ4v) is 9.62. The predicted molar refractivity (Wildman–Crippen MR) is 276 cm³/mol. The SMILES string of the molecule is c1ccc(-c2ccc(-c3ccc(-c4ccc5c(c4)c(-c4ccc(-c6ccc(-c7ccccc7)cc6)cc4)cn5-c4ccc(-c5cc6ccccc6c6ccccc56)cc4)cc3)cc2)cc1. The molecule has 11 aromatic carbocycles. The van der Waals surface area contributed by atoms with Crippen molar-refractivity contribution in [2.75, 3.05) is 0 Å². The Labute approximate surface area is 379 Å². The van der Waals surface area contributed by atoms with Crippen molar-refractivity contribution < 1.29 is 0 Å². The summed E-state index contributed by atoms with van der Waals surface area (Å²) >= 11 is 0. The van der Waals surface area contributed by atoms with Crippen LogP contribution in [-0.4, -0.2) is 4.57 Å². The summed E-state index contributed by atoms with van der Waals surface area (Å²) in [5.74, 6) is 0. The first-order valence-corrected chi connectivity index (χ1v) is 22.4. The van der Waals surface area contributed by atoms with E-state index in [1.54, 1.807) is 0 Å². The molecule has 304 valence electrons. The highest BCUT2D eigenvalue weighted by Gasteiger charge is 2.16. The van der Waals surface area contributed by atoms with Gasteiger partial charge < -0.3 is 4.57 Å². The van der Waals surface area contributed by atoms with Gasteiger partial charge in [-0.3, -0.25) is 0 Å². The van der Waals surface area contributed by atoms with Crippen molar-refractivity contribution in [2.45, 2.75) is 0 Å². The number of rotatable bonds is 8. The molecule has 0 spiro atoms. The van der Waals surface area contributed by atoms with Gasteiger partial charge in [-0.2, -0.15) is 0 Å². The van der Waals surface area contributed by atoms with Crippen LogP contribution >= 0.6 is 0 Å². The molecule has 0 unspecified atom stereocenters. The number of nitrogens with zero attached hydrogens (tertiary/aromatic N) is 1. The number of benzene rings is 11. The average molecular weight is 826 g/mol. The summed E-state index contributed by atoms with van der Waals surface area (Å²) < 4.78 is 2.36. The molecular formula is C64H43N. The van der Waals surface area contributed by atoms with Crippen LogP contribution in [0.3, 0.4) is 0 Å². The lowest BCUT2D eigenvalue weighted by Gasteiger charge is -2.12. The van der Waals surface area contributed by atoms with E-state index in [-0.39, 0.29) is 0 Å². The van der Waals surface area contributed by atoms with E-state index in [1.807, 2.05) is 0 Å². The fraction of sp³-hybridized carbons (Fsp3) is 0. The second-order valence-electron chi connectivity index (χ2n) is 16.9. The van der Waals surface area contributed by atoms with Crippen LogP contribution in [0.4, 0.5) is 0 Å². The Hall–Kier alpha value is -8.52. The second-order valence-corrected chi connectivity index (χ2v) is 16.9. The molecule has 0 radical (unpaired) electrons. The highest BCUT2D eigenvalue weighted by Crippen LogP contribution is 2.39. The van der Waals surface area contributed by atoms with E-state index in [0.29, 0.717) is 0 Å². The predicted octanol–water partition coefficient (Wildman–Crippen LogP) is 17.6. The summed E-state index contributed by atoms with van der Waals surface area (Å²) in [6.07, 6.45) is 2.32. The minimum Gasteiger partial charge on any atom is -0.316 e. The minimum atomic E-state index is 1.13. The number of fused-ring (bicyclic) bond motifs is 4. The maximum Gasteiger partial charge on any atom is 0.0535 e. The van der Waals surface area contributed by atoms with Crippen LogP contribution in [-0.2, 0) is 0 Å². The third-order valence-corrected chi connectivity index (χ3v) is 13.1. The monoisotopic (exact) mass is 825 g/mol. The van der Waals surface area contributed by atoms with Crippen molar-refractivity contribution in [3.05, 3.63) is 261 Å². The molecule has 0 fully saturated rings. The zero-order valence-corrected chi connectivity index (χ0v) is 35.8. The van der Waals surface area contributed by atoms with Crippen LogP contribution < -0.4 is 0 Å². The van der Waals surface area contributed by atoms with Crippen molar-refractivity contribution in [1.82, 2.24) is 4.57 Å². The van der Waals surface area contributed by atoms with Gasteiger partial charge in [-0.1, -0.05) is 224 Å². The molecule has 0 N–H and O–H groups in total. The van der Waals surface area contributed by atoms with Gasteiger partial charge in [0.15, 0.2) is 0 Å². The lowest BCUT2D eigenvalue weighted by molar-refractivity contribution is 1.13. The molecule has 0 aliphatic heterocycles. The van der Waals surface area contributed by atoms with Crippen molar-refractivity contribution in [2.24, 2.45) is 0 Å². The van der Waals surface area contributed by atoms with Gasteiger partial charge in [0, 0.05) is 22.8 Å². The van der Waals surface area contributed by atoms with E-state index >= 15 is 0 Å². The summed E-state index contributed by atoms with van der Waals surface area (Å²) in [5.41, 5.74) is 19.2. The fourth-order valence-electron chi connectivity index (χ4n) is 9.62. The molecule has 0 amide bonds. The van der Waals surface area contributed by atoms with Gasteiger partial charge in [0.2, 0.25) is 0 Å². The quantitative estimate of drug-likeness (QED) is 0.135. The largest absolute Gasteiger partial charge is 0.316 e. The lowest BCUT2D eigenvalue weighted by Crippen LogP contribution is -1.92. The van der Waals surface area contributed by atoms with Crippen LogP contribution in [0.2, 0.25) is 0 Å². The summed E-state index contributed by atoms with van der Waals surface area (Å²) in [6, 6.07) is 92.8. The van der Waals surface area contributed by atoms with Gasteiger partial charge in [0.1, 0.15) is 0 Å². The lowest BCUT2D eigenvalue weighted by atomic mass is 9.93. The molecule has 0 bridgehead atoms. The topological polar surface area (TPSA) is 4.93 Å². The van der Waals surface area contributed by atoms with E-state index in [0.717, 1.165) is 5.69 Å². The van der Waals surface area contributed by atoms with Crippen molar-refractivity contribution in [1.29, 1.82) is 0 Å². The maximum absolute atomic E-state index is 2.37. The molecule has 0 saturated heterocycles. The molecule has 0 aliphatic rings. The highest BCUT2D eigenvalue weighted by molar-refractivity contribution is 6.13. The molecule has 12 rings (SSSR count). The minimum absolute atomic E-state index is 1.13. The Morgan fingerprint density at radius 2 is 0.585 bits per heavy atom. The van der Waals surface area contributed by atoms with Gasteiger partial charge >= 0.3 is 0 Å². The first kappa shape index (κ1) is 38.2. The molecule has 0 aliphatic carbocycles. The highest BCUT2D eigenvalue weighted by atomic mass is 15.0. The molecule has 1 heteroatoms. The van der Waals surface area contributed by atoms with Crippen LogP contribution in [0, 0.1) is 0 Å². The first-order chi connectivity index (χ1) is 32.2. The smallest absolute Gasteiger partial charge is 0.0535 e. The Bertz CT molecular complexity index is 3620. The van der Waals surface area contributed by atoms with Gasteiger partial charge in [-0.25, -0.2) is 0 Å². The van der Waals surface area contributed by atoms with Crippen molar-refractivity contribution in [3.63, 3.8) is 0 Å². The Morgan fingerprint density at radius 3 is 1.11 bits per heavy atom. The van der Waals surface area contributed by atoms with Crippen molar-refractivity contribution >= 4 is 32.4 Å². The Kier molecular flexibility index (Phi) is 9.58. The summed E-state index contributed by atoms with van der Waals surface area (Å²) in [7, 11) is 0. The zero-order chi connectivity index (χ0) is 43.1. The zero-order valence-electron chi connectivity index (χ0n) is 35.8. The van der Waals surface area contributed by atoms with Gasteiger partial charge in [-0.15, -0.1) is 0 Å². The molecule has 12 aromatic rings. The van der Waals surface area contributed by atoms with Crippen LogP contribution in [0.25, 0.3) is 116 Å². The molecular weight excluding hydrogens is 783 g/mol. The average Bonchev–Trinajstić information content (AvgIpc) is 3.78. The summed E-state index contributed by atoms with van der Waals surface area (Å²) in [5, 5.41) is 6.30. The molecule has 0 saturated carbocycles. The van der Waals surface area contributed by atoms with E-state index in [1.165, 1.54) is 110 Å².